The van der Waals surface area contributed by atoms with Gasteiger partial charge in [0.2, 0.25) is 0 Å². The Balaban J connectivity index is 1.27. The van der Waals surface area contributed by atoms with Crippen molar-refractivity contribution in [2.75, 3.05) is 51.3 Å². The number of ether oxygens (including phenoxy) is 1. The molecule has 0 bridgehead atoms. The second-order valence-corrected chi connectivity index (χ2v) is 9.03. The average Bonchev–Trinajstić information content (AvgIpc) is 3.45. The Morgan fingerprint density at radius 1 is 0.972 bits per heavy atom. The Kier molecular flexibility index (Phi) is 8.86. The Morgan fingerprint density at radius 2 is 1.67 bits per heavy atom. The Labute approximate surface area is 216 Å². The number of anilines is 1. The number of furan rings is 1. The highest BCUT2D eigenvalue weighted by Gasteiger charge is 2.28. The van der Waals surface area contributed by atoms with Crippen LogP contribution in [0.5, 0.6) is 5.75 Å². The number of nitrogens with one attached hydrogen (secondary N) is 2. The van der Waals surface area contributed by atoms with Crippen LogP contribution in [-0.2, 0) is 16.0 Å². The van der Waals surface area contributed by atoms with Gasteiger partial charge >= 0.3 is 11.8 Å². The minimum Gasteiger partial charge on any atom is -0.497 e. The average molecular weight is 511 g/mol. The number of carbonyl (C=O) groups is 2. The van der Waals surface area contributed by atoms with Crippen LogP contribution in [0.1, 0.15) is 17.4 Å². The molecule has 190 valence electrons. The zero-order valence-corrected chi connectivity index (χ0v) is 21.0. The molecule has 1 aliphatic heterocycles. The monoisotopic (exact) mass is 510 g/mol. The normalized spacial score (nSPS) is 14.8. The van der Waals surface area contributed by atoms with E-state index in [2.05, 4.69) is 32.6 Å². The van der Waals surface area contributed by atoms with Crippen LogP contribution >= 0.6 is 11.6 Å². The summed E-state index contributed by atoms with van der Waals surface area (Å²) >= 11 is 5.90. The maximum absolute atomic E-state index is 12.5. The molecule has 1 saturated heterocycles. The second kappa shape index (κ2) is 12.5. The first kappa shape index (κ1) is 25.6. The summed E-state index contributed by atoms with van der Waals surface area (Å²) in [5.41, 5.74) is 2.18. The molecule has 8 nitrogen and oxygen atoms in total. The van der Waals surface area contributed by atoms with Crippen LogP contribution in [0.25, 0.3) is 0 Å². The highest BCUT2D eigenvalue weighted by atomic mass is 35.5. The largest absolute Gasteiger partial charge is 0.497 e. The number of hydrogen-bond acceptors (Lipinski definition) is 6. The number of carbonyl (C=O) groups excluding carboxylic acids is 2. The number of halogens is 1. The Bertz CT molecular complexity index is 1110. The van der Waals surface area contributed by atoms with E-state index in [0.717, 1.165) is 48.9 Å². The standard InChI is InChI=1S/C27H31ClN4O4/c1-35-23-10-8-22(9-11-23)31-14-16-32(17-15-31)24(25-3-2-18-36-25)19-30-27(34)26(33)29-13-12-20-4-6-21(28)7-5-20/h2-11,18,24H,12-17,19H2,1H3,(H,29,33)(H,30,34)/t24-/m1/s1. The molecule has 0 unspecified atom stereocenters. The fraction of sp³-hybridized carbons (Fsp3) is 0.333. The lowest BCUT2D eigenvalue weighted by Crippen LogP contribution is -2.50. The van der Waals surface area contributed by atoms with Gasteiger partial charge in [0.25, 0.3) is 0 Å². The summed E-state index contributed by atoms with van der Waals surface area (Å²) in [5, 5.41) is 6.12. The molecular formula is C27H31ClN4O4. The lowest BCUT2D eigenvalue weighted by atomic mass is 10.1. The third kappa shape index (κ3) is 6.80. The first-order valence-electron chi connectivity index (χ1n) is 12.0. The molecular weight excluding hydrogens is 480 g/mol. The van der Waals surface area contributed by atoms with Crippen LogP contribution in [-0.4, -0.2) is 63.1 Å². The van der Waals surface area contributed by atoms with E-state index in [-0.39, 0.29) is 12.6 Å². The van der Waals surface area contributed by atoms with E-state index in [1.807, 2.05) is 36.4 Å². The van der Waals surface area contributed by atoms with Crippen molar-refractivity contribution in [3.05, 3.63) is 83.3 Å². The van der Waals surface area contributed by atoms with Crippen LogP contribution in [0.15, 0.2) is 71.3 Å². The molecule has 1 atom stereocenters. The molecule has 4 rings (SSSR count). The van der Waals surface area contributed by atoms with E-state index in [1.165, 1.54) is 0 Å². The number of amides is 2. The van der Waals surface area contributed by atoms with Crippen molar-refractivity contribution < 1.29 is 18.7 Å². The van der Waals surface area contributed by atoms with Gasteiger partial charge in [-0.1, -0.05) is 23.7 Å². The van der Waals surface area contributed by atoms with Gasteiger partial charge in [-0.2, -0.15) is 0 Å². The van der Waals surface area contributed by atoms with E-state index < -0.39 is 11.8 Å². The first-order chi connectivity index (χ1) is 17.5. The van der Waals surface area contributed by atoms with Crippen molar-refractivity contribution >= 4 is 29.1 Å². The van der Waals surface area contributed by atoms with Crippen LogP contribution in [0.3, 0.4) is 0 Å². The van der Waals surface area contributed by atoms with Crippen molar-refractivity contribution in [1.29, 1.82) is 0 Å². The number of methoxy groups -OCH3 is 1. The summed E-state index contributed by atoms with van der Waals surface area (Å²) in [7, 11) is 1.66. The molecule has 0 saturated carbocycles. The fourth-order valence-electron chi connectivity index (χ4n) is 4.30. The number of hydrogen-bond donors (Lipinski definition) is 2. The zero-order valence-electron chi connectivity index (χ0n) is 20.3. The van der Waals surface area contributed by atoms with Crippen LogP contribution in [0.2, 0.25) is 5.02 Å². The third-order valence-electron chi connectivity index (χ3n) is 6.34. The lowest BCUT2D eigenvalue weighted by molar-refractivity contribution is -0.139. The van der Waals surface area contributed by atoms with E-state index in [0.29, 0.717) is 18.0 Å². The fourth-order valence-corrected chi connectivity index (χ4v) is 4.42. The van der Waals surface area contributed by atoms with E-state index >= 15 is 0 Å². The van der Waals surface area contributed by atoms with Crippen molar-refractivity contribution in [2.24, 2.45) is 0 Å². The number of piperazine rings is 1. The zero-order chi connectivity index (χ0) is 25.3. The number of rotatable bonds is 9. The maximum Gasteiger partial charge on any atom is 0.309 e. The summed E-state index contributed by atoms with van der Waals surface area (Å²) in [6, 6.07) is 19.0. The molecule has 2 N–H and O–H groups in total. The molecule has 2 aromatic carbocycles. The van der Waals surface area contributed by atoms with Gasteiger partial charge in [-0.15, -0.1) is 0 Å². The minimum atomic E-state index is -0.653. The van der Waals surface area contributed by atoms with Crippen molar-refractivity contribution in [1.82, 2.24) is 15.5 Å². The predicted octanol–water partition coefficient (Wildman–Crippen LogP) is 3.28. The van der Waals surface area contributed by atoms with Gasteiger partial charge in [-0.25, -0.2) is 0 Å². The lowest BCUT2D eigenvalue weighted by Gasteiger charge is -2.39. The Hall–Kier alpha value is -3.49. The maximum atomic E-state index is 12.5. The molecule has 0 aliphatic carbocycles. The summed E-state index contributed by atoms with van der Waals surface area (Å²) in [6.45, 7) is 3.90. The molecule has 0 radical (unpaired) electrons. The molecule has 0 spiro atoms. The minimum absolute atomic E-state index is 0.163. The van der Waals surface area contributed by atoms with Gasteiger partial charge in [0, 0.05) is 50.0 Å². The SMILES string of the molecule is COc1ccc(N2CCN([C@H](CNC(=O)C(=O)NCCc3ccc(Cl)cc3)c3ccco3)CC2)cc1. The molecule has 3 aromatic rings. The van der Waals surface area contributed by atoms with Crippen molar-refractivity contribution in [3.63, 3.8) is 0 Å². The van der Waals surface area contributed by atoms with Crippen molar-refractivity contribution in [2.45, 2.75) is 12.5 Å². The van der Waals surface area contributed by atoms with Gasteiger partial charge in [0.15, 0.2) is 0 Å². The second-order valence-electron chi connectivity index (χ2n) is 8.59. The summed E-state index contributed by atoms with van der Waals surface area (Å²) in [5.74, 6) is 0.294. The highest BCUT2D eigenvalue weighted by molar-refractivity contribution is 6.35. The summed E-state index contributed by atoms with van der Waals surface area (Å²) in [6.07, 6.45) is 2.24. The molecule has 1 fully saturated rings. The van der Waals surface area contributed by atoms with Crippen LogP contribution in [0, 0.1) is 0 Å². The van der Waals surface area contributed by atoms with Gasteiger partial charge in [-0.3, -0.25) is 14.5 Å². The smallest absolute Gasteiger partial charge is 0.309 e. The van der Waals surface area contributed by atoms with E-state index in [4.69, 9.17) is 20.8 Å². The van der Waals surface area contributed by atoms with Crippen LogP contribution in [0.4, 0.5) is 5.69 Å². The molecule has 2 amide bonds. The van der Waals surface area contributed by atoms with E-state index in [1.54, 1.807) is 25.5 Å². The summed E-state index contributed by atoms with van der Waals surface area (Å²) in [4.78, 5) is 29.4. The molecule has 2 heterocycles. The Morgan fingerprint density at radius 3 is 2.31 bits per heavy atom. The third-order valence-corrected chi connectivity index (χ3v) is 6.59. The van der Waals surface area contributed by atoms with Gasteiger partial charge in [-0.05, 0) is 60.5 Å². The number of nitrogens with zero attached hydrogens (tertiary/aromatic N) is 2. The number of benzene rings is 2. The van der Waals surface area contributed by atoms with E-state index in [9.17, 15) is 9.59 Å². The molecule has 36 heavy (non-hydrogen) atoms. The van der Waals surface area contributed by atoms with Gasteiger partial charge in [0.05, 0.1) is 19.4 Å². The predicted molar refractivity (Wildman–Crippen MR) is 139 cm³/mol. The summed E-state index contributed by atoms with van der Waals surface area (Å²) < 4.78 is 10.9. The molecule has 1 aromatic heterocycles. The van der Waals surface area contributed by atoms with Gasteiger partial charge in [0.1, 0.15) is 11.5 Å². The molecule has 9 heteroatoms. The topological polar surface area (TPSA) is 87.0 Å². The molecule has 1 aliphatic rings. The highest BCUT2D eigenvalue weighted by Crippen LogP contribution is 2.25. The first-order valence-corrected chi connectivity index (χ1v) is 12.4. The van der Waals surface area contributed by atoms with Crippen molar-refractivity contribution in [3.8, 4) is 5.75 Å². The van der Waals surface area contributed by atoms with Gasteiger partial charge < -0.3 is 24.7 Å². The van der Waals surface area contributed by atoms with Crippen LogP contribution < -0.4 is 20.3 Å². The quantitative estimate of drug-likeness (QED) is 0.430.